The molecule has 0 saturated carbocycles. The number of hydrogen-bond acceptors (Lipinski definition) is 4. The first kappa shape index (κ1) is 9.70. The fourth-order valence-corrected chi connectivity index (χ4v) is 1.24. The maximum Gasteiger partial charge on any atom is 0.343 e. The van der Waals surface area contributed by atoms with Gasteiger partial charge >= 0.3 is 5.97 Å². The number of esters is 1. The highest BCUT2D eigenvalue weighted by molar-refractivity contribution is 6.31. The van der Waals surface area contributed by atoms with Gasteiger partial charge in [0.05, 0.1) is 12.8 Å². The molecule has 6 heteroatoms. The van der Waals surface area contributed by atoms with Crippen molar-refractivity contribution in [3.63, 3.8) is 0 Å². The van der Waals surface area contributed by atoms with Gasteiger partial charge in [0.25, 0.3) is 0 Å². The van der Waals surface area contributed by atoms with Gasteiger partial charge in [-0.15, -0.1) is 0 Å². The van der Waals surface area contributed by atoms with Crippen LogP contribution in [0.2, 0.25) is 0 Å². The van der Waals surface area contributed by atoms with Gasteiger partial charge in [0, 0.05) is 12.4 Å². The number of carbonyl (C=O) groups excluding carboxylic acids is 1. The van der Waals surface area contributed by atoms with Crippen LogP contribution in [0.3, 0.4) is 0 Å². The highest BCUT2D eigenvalue weighted by Crippen LogP contribution is 2.07. The summed E-state index contributed by atoms with van der Waals surface area (Å²) in [7, 11) is 5.53. The van der Waals surface area contributed by atoms with Gasteiger partial charge in [-0.3, -0.25) is 0 Å². The molecule has 0 atom stereocenters. The summed E-state index contributed by atoms with van der Waals surface area (Å²) in [5, 5.41) is 3.96. The van der Waals surface area contributed by atoms with E-state index in [0.717, 1.165) is 0 Å². The summed E-state index contributed by atoms with van der Waals surface area (Å²) in [6, 6.07) is 0. The van der Waals surface area contributed by atoms with Crippen molar-refractivity contribution < 1.29 is 9.53 Å². The van der Waals surface area contributed by atoms with E-state index < -0.39 is 5.97 Å². The summed E-state index contributed by atoms with van der Waals surface area (Å²) in [5.41, 5.74) is 1.28. The fourth-order valence-electron chi connectivity index (χ4n) is 1.24. The summed E-state index contributed by atoms with van der Waals surface area (Å²) < 4.78 is 6.31. The molecule has 2 aromatic rings. The molecule has 2 heterocycles. The van der Waals surface area contributed by atoms with Crippen LogP contribution in [0.1, 0.15) is 17.3 Å². The standard InChI is InChI=1S/C9H8BN3O2/c1-2-15-9(14)7-4-12-13-5-6(10)3-11-8(7)13/h3-5H,2H2,1H3. The number of rotatable bonds is 2. The minimum absolute atomic E-state index is 0.325. The maximum atomic E-state index is 11.5. The lowest BCUT2D eigenvalue weighted by molar-refractivity contribution is 0.0528. The van der Waals surface area contributed by atoms with E-state index in [1.165, 1.54) is 16.9 Å². The van der Waals surface area contributed by atoms with Crippen LogP contribution >= 0.6 is 0 Å². The van der Waals surface area contributed by atoms with Crippen LogP contribution in [0.25, 0.3) is 5.65 Å². The second-order valence-corrected chi connectivity index (χ2v) is 2.93. The lowest BCUT2D eigenvalue weighted by Crippen LogP contribution is -2.09. The molecule has 0 aliphatic rings. The molecule has 0 aromatic carbocycles. The molecule has 2 radical (unpaired) electrons. The Bertz CT molecular complexity index is 509. The predicted octanol–water partition coefficient (Wildman–Crippen LogP) is -0.300. The van der Waals surface area contributed by atoms with Gasteiger partial charge in [0.2, 0.25) is 0 Å². The van der Waals surface area contributed by atoms with E-state index in [1.807, 2.05) is 0 Å². The molecule has 0 unspecified atom stereocenters. The minimum atomic E-state index is -0.426. The first-order valence-corrected chi connectivity index (χ1v) is 4.48. The van der Waals surface area contributed by atoms with Crippen LogP contribution in [-0.4, -0.2) is 35.0 Å². The molecule has 0 saturated heterocycles. The molecule has 0 spiro atoms. The number of hydrogen-bond donors (Lipinski definition) is 0. The monoisotopic (exact) mass is 201 g/mol. The van der Waals surface area contributed by atoms with Crippen LogP contribution in [0, 0.1) is 0 Å². The SMILES string of the molecule is [B]c1cnc2c(C(=O)OCC)cnn2c1. The van der Waals surface area contributed by atoms with Crippen LogP contribution in [0.15, 0.2) is 18.6 Å². The lowest BCUT2D eigenvalue weighted by Gasteiger charge is -1.99. The fraction of sp³-hybridized carbons (Fsp3) is 0.222. The van der Waals surface area contributed by atoms with Gasteiger partial charge in [0.1, 0.15) is 13.4 Å². The molecule has 2 aromatic heterocycles. The Morgan fingerprint density at radius 2 is 2.40 bits per heavy atom. The first-order chi connectivity index (χ1) is 7.22. The van der Waals surface area contributed by atoms with E-state index in [4.69, 9.17) is 12.6 Å². The van der Waals surface area contributed by atoms with E-state index >= 15 is 0 Å². The van der Waals surface area contributed by atoms with Crippen LogP contribution in [0.5, 0.6) is 0 Å². The average molecular weight is 201 g/mol. The van der Waals surface area contributed by atoms with Gasteiger partial charge in [0.15, 0.2) is 5.65 Å². The normalized spacial score (nSPS) is 10.5. The molecule has 0 fully saturated rings. The highest BCUT2D eigenvalue weighted by atomic mass is 16.5. The summed E-state index contributed by atoms with van der Waals surface area (Å²) in [4.78, 5) is 15.5. The molecular formula is C9H8BN3O2. The second-order valence-electron chi connectivity index (χ2n) is 2.93. The first-order valence-electron chi connectivity index (χ1n) is 4.48. The van der Waals surface area contributed by atoms with Crippen molar-refractivity contribution >= 4 is 24.9 Å². The van der Waals surface area contributed by atoms with Crippen molar-refractivity contribution in [3.8, 4) is 0 Å². The molecule has 2 rings (SSSR count). The molecule has 74 valence electrons. The molecule has 0 amide bonds. The summed E-state index contributed by atoms with van der Waals surface area (Å²) in [5.74, 6) is -0.426. The Morgan fingerprint density at radius 3 is 3.13 bits per heavy atom. The zero-order valence-corrected chi connectivity index (χ0v) is 8.17. The van der Waals surface area contributed by atoms with E-state index in [9.17, 15) is 4.79 Å². The van der Waals surface area contributed by atoms with Gasteiger partial charge in [-0.2, -0.15) is 5.10 Å². The van der Waals surface area contributed by atoms with Crippen molar-refractivity contribution in [2.45, 2.75) is 6.92 Å². The quantitative estimate of drug-likeness (QED) is 0.494. The van der Waals surface area contributed by atoms with E-state index in [-0.39, 0.29) is 0 Å². The van der Waals surface area contributed by atoms with Gasteiger partial charge in [-0.05, 0) is 6.92 Å². The third-order valence-electron chi connectivity index (χ3n) is 1.87. The minimum Gasteiger partial charge on any atom is -0.462 e. The van der Waals surface area contributed by atoms with Gasteiger partial charge < -0.3 is 4.74 Å². The molecular weight excluding hydrogens is 193 g/mol. The van der Waals surface area contributed by atoms with E-state index in [2.05, 4.69) is 10.1 Å². The Hall–Kier alpha value is -1.85. The van der Waals surface area contributed by atoms with E-state index in [1.54, 1.807) is 13.1 Å². The highest BCUT2D eigenvalue weighted by Gasteiger charge is 2.14. The topological polar surface area (TPSA) is 56.5 Å². The summed E-state index contributed by atoms with van der Waals surface area (Å²) in [6.07, 6.45) is 4.48. The molecule has 5 nitrogen and oxygen atoms in total. The molecule has 0 bridgehead atoms. The smallest absolute Gasteiger partial charge is 0.343 e. The van der Waals surface area contributed by atoms with Gasteiger partial charge in [-0.1, -0.05) is 5.46 Å². The van der Waals surface area contributed by atoms with Crippen molar-refractivity contribution in [2.24, 2.45) is 0 Å². The van der Waals surface area contributed by atoms with Crippen molar-refractivity contribution in [3.05, 3.63) is 24.2 Å². The zero-order chi connectivity index (χ0) is 10.8. The Labute approximate surface area is 87.5 Å². The molecule has 0 aliphatic carbocycles. The largest absolute Gasteiger partial charge is 0.462 e. The van der Waals surface area contributed by atoms with Gasteiger partial charge in [-0.25, -0.2) is 14.3 Å². The zero-order valence-electron chi connectivity index (χ0n) is 8.17. The van der Waals surface area contributed by atoms with E-state index in [0.29, 0.717) is 23.3 Å². The number of aromatic nitrogens is 3. The second kappa shape index (κ2) is 3.72. The Balaban J connectivity index is 2.49. The van der Waals surface area contributed by atoms with Crippen LogP contribution < -0.4 is 5.46 Å². The summed E-state index contributed by atoms with van der Waals surface area (Å²) >= 11 is 0. The Morgan fingerprint density at radius 1 is 1.60 bits per heavy atom. The number of carbonyl (C=O) groups is 1. The Kier molecular flexibility index (Phi) is 2.41. The third kappa shape index (κ3) is 1.70. The third-order valence-corrected chi connectivity index (χ3v) is 1.87. The van der Waals surface area contributed by atoms with Crippen molar-refractivity contribution in [1.29, 1.82) is 0 Å². The number of ether oxygens (including phenoxy) is 1. The average Bonchev–Trinajstić information content (AvgIpc) is 2.60. The molecule has 0 N–H and O–H groups in total. The lowest BCUT2D eigenvalue weighted by atomic mass is 10.0. The number of nitrogens with zero attached hydrogens (tertiary/aromatic N) is 3. The predicted molar refractivity (Wildman–Crippen MR) is 54.3 cm³/mol. The number of fused-ring (bicyclic) bond motifs is 1. The molecule has 0 aliphatic heterocycles. The molecule has 15 heavy (non-hydrogen) atoms. The van der Waals surface area contributed by atoms with Crippen molar-refractivity contribution in [2.75, 3.05) is 6.61 Å². The maximum absolute atomic E-state index is 11.5. The van der Waals surface area contributed by atoms with Crippen molar-refractivity contribution in [1.82, 2.24) is 14.6 Å². The van der Waals surface area contributed by atoms with Crippen LogP contribution in [-0.2, 0) is 4.74 Å². The van der Waals surface area contributed by atoms with Crippen LogP contribution in [0.4, 0.5) is 0 Å². The summed E-state index contributed by atoms with van der Waals surface area (Å²) in [6.45, 7) is 2.07.